The largest absolute Gasteiger partial charge is 0.388 e. The minimum atomic E-state index is -3.09. The highest BCUT2D eigenvalue weighted by Gasteiger charge is 2.36. The minimum absolute atomic E-state index is 0.0344. The van der Waals surface area contributed by atoms with Crippen molar-refractivity contribution in [2.24, 2.45) is 0 Å². The van der Waals surface area contributed by atoms with E-state index in [-0.39, 0.29) is 53.5 Å². The zero-order chi connectivity index (χ0) is 18.9. The summed E-state index contributed by atoms with van der Waals surface area (Å²) in [5.74, 6) is -0.793. The molecule has 10 heteroatoms. The van der Waals surface area contributed by atoms with Gasteiger partial charge >= 0.3 is 0 Å². The molecule has 0 unspecified atom stereocenters. The van der Waals surface area contributed by atoms with Crippen LogP contribution in [0.3, 0.4) is 0 Å². The van der Waals surface area contributed by atoms with Gasteiger partial charge in [-0.1, -0.05) is 0 Å². The van der Waals surface area contributed by atoms with E-state index in [1.807, 2.05) is 6.92 Å². The second-order valence-corrected chi connectivity index (χ2v) is 10.2. The molecule has 2 aliphatic heterocycles. The molecule has 3 heterocycles. The van der Waals surface area contributed by atoms with Crippen LogP contribution in [0.25, 0.3) is 0 Å². The van der Waals surface area contributed by atoms with Crippen LogP contribution in [0.15, 0.2) is 5.38 Å². The number of amides is 2. The van der Waals surface area contributed by atoms with Crippen LogP contribution in [0, 0.1) is 0 Å². The summed E-state index contributed by atoms with van der Waals surface area (Å²) in [7, 11) is -3.09. The average molecular weight is 402 g/mol. The monoisotopic (exact) mass is 401 g/mol. The number of hydrogen-bond donors (Lipinski definition) is 2. The van der Waals surface area contributed by atoms with Crippen molar-refractivity contribution in [3.05, 3.63) is 16.1 Å². The van der Waals surface area contributed by atoms with E-state index >= 15 is 0 Å². The van der Waals surface area contributed by atoms with Gasteiger partial charge in [0, 0.05) is 24.5 Å². The van der Waals surface area contributed by atoms with Gasteiger partial charge in [0.2, 0.25) is 0 Å². The number of likely N-dealkylation sites (tertiary alicyclic amines) is 1. The van der Waals surface area contributed by atoms with Crippen LogP contribution < -0.4 is 5.32 Å². The van der Waals surface area contributed by atoms with Crippen LogP contribution in [-0.2, 0) is 9.84 Å². The van der Waals surface area contributed by atoms with Crippen LogP contribution in [0.1, 0.15) is 52.9 Å². The third-order valence-electron chi connectivity index (χ3n) is 5.07. The Morgan fingerprint density at radius 2 is 2.12 bits per heavy atom. The quantitative estimate of drug-likeness (QED) is 0.756. The van der Waals surface area contributed by atoms with Crippen molar-refractivity contribution in [2.45, 2.75) is 44.2 Å². The molecule has 2 N–H and O–H groups in total. The molecule has 2 fully saturated rings. The third-order valence-corrected chi connectivity index (χ3v) is 7.56. The molecule has 0 aromatic carbocycles. The highest BCUT2D eigenvalue weighted by atomic mass is 32.2. The molecule has 144 valence electrons. The van der Waals surface area contributed by atoms with E-state index in [0.717, 1.165) is 24.2 Å². The van der Waals surface area contributed by atoms with E-state index in [1.165, 1.54) is 0 Å². The Morgan fingerprint density at radius 1 is 1.42 bits per heavy atom. The molecule has 8 nitrogen and oxygen atoms in total. The standard InChI is InChI=1S/C16H23N3O5S2/c1-11-3-2-6-19(11)15(21)12-9-25-14(18-12)13(20)17-10-16(22)4-7-26(23,24)8-5-16/h9,11,22H,2-8,10H2,1H3,(H,17,20)/t11-/m0/s1. The number of sulfone groups is 1. The lowest BCUT2D eigenvalue weighted by atomic mass is 9.97. The Balaban J connectivity index is 1.57. The number of carbonyl (C=O) groups excluding carboxylic acids is 2. The number of thiazole rings is 1. The summed E-state index contributed by atoms with van der Waals surface area (Å²) >= 11 is 1.08. The van der Waals surface area contributed by atoms with Gasteiger partial charge in [0.15, 0.2) is 14.8 Å². The number of rotatable bonds is 4. The molecule has 0 bridgehead atoms. The molecule has 2 saturated heterocycles. The zero-order valence-corrected chi connectivity index (χ0v) is 16.2. The van der Waals surface area contributed by atoms with Crippen molar-refractivity contribution >= 4 is 33.0 Å². The number of hydrogen-bond acceptors (Lipinski definition) is 7. The van der Waals surface area contributed by atoms with E-state index in [9.17, 15) is 23.1 Å². The van der Waals surface area contributed by atoms with Gasteiger partial charge in [0.1, 0.15) is 5.69 Å². The Hall–Kier alpha value is -1.52. The first-order valence-corrected chi connectivity index (χ1v) is 11.4. The number of aliphatic hydroxyl groups is 1. The van der Waals surface area contributed by atoms with Crippen LogP contribution in [0.4, 0.5) is 0 Å². The lowest BCUT2D eigenvalue weighted by molar-refractivity contribution is 0.0296. The number of nitrogens with zero attached hydrogens (tertiary/aromatic N) is 2. The highest BCUT2D eigenvalue weighted by Crippen LogP contribution is 2.23. The minimum Gasteiger partial charge on any atom is -0.388 e. The molecule has 2 aliphatic rings. The Morgan fingerprint density at radius 3 is 2.73 bits per heavy atom. The van der Waals surface area contributed by atoms with Crippen LogP contribution in [0.5, 0.6) is 0 Å². The summed E-state index contributed by atoms with van der Waals surface area (Å²) in [6, 6.07) is 0.179. The van der Waals surface area contributed by atoms with Gasteiger partial charge in [-0.05, 0) is 32.6 Å². The van der Waals surface area contributed by atoms with E-state index in [4.69, 9.17) is 0 Å². The zero-order valence-electron chi connectivity index (χ0n) is 14.6. The molecule has 0 saturated carbocycles. The Bertz CT molecular complexity index is 791. The Kier molecular flexibility index (Phi) is 5.36. The molecule has 2 amide bonds. The van der Waals surface area contributed by atoms with Crippen LogP contribution in [-0.4, -0.2) is 71.5 Å². The maximum Gasteiger partial charge on any atom is 0.280 e. The summed E-state index contributed by atoms with van der Waals surface area (Å²) < 4.78 is 22.9. The highest BCUT2D eigenvalue weighted by molar-refractivity contribution is 7.91. The molecular weight excluding hydrogens is 378 g/mol. The number of aromatic nitrogens is 1. The van der Waals surface area contributed by atoms with Gasteiger partial charge in [-0.15, -0.1) is 11.3 Å². The molecule has 3 rings (SSSR count). The van der Waals surface area contributed by atoms with Crippen molar-refractivity contribution in [3.8, 4) is 0 Å². The first kappa shape index (κ1) is 19.2. The maximum atomic E-state index is 12.5. The van der Waals surface area contributed by atoms with Gasteiger partial charge in [0.05, 0.1) is 17.1 Å². The fraction of sp³-hybridized carbons (Fsp3) is 0.688. The third kappa shape index (κ3) is 4.24. The lowest BCUT2D eigenvalue weighted by Crippen LogP contribution is -2.48. The van der Waals surface area contributed by atoms with Gasteiger partial charge in [-0.25, -0.2) is 13.4 Å². The van der Waals surface area contributed by atoms with E-state index in [1.54, 1.807) is 10.3 Å². The summed E-state index contributed by atoms with van der Waals surface area (Å²) in [6.45, 7) is 2.67. The predicted octanol–water partition coefficient (Wildman–Crippen LogP) is 0.437. The fourth-order valence-corrected chi connectivity index (χ4v) is 5.57. The first-order valence-electron chi connectivity index (χ1n) is 8.67. The molecule has 1 atom stereocenters. The Labute approximate surface area is 156 Å². The second-order valence-electron chi connectivity index (χ2n) is 7.09. The summed E-state index contributed by atoms with van der Waals surface area (Å²) in [4.78, 5) is 30.6. The second kappa shape index (κ2) is 7.24. The van der Waals surface area contributed by atoms with Gasteiger partial charge < -0.3 is 15.3 Å². The van der Waals surface area contributed by atoms with E-state index in [2.05, 4.69) is 10.3 Å². The van der Waals surface area contributed by atoms with Crippen molar-refractivity contribution in [1.82, 2.24) is 15.2 Å². The van der Waals surface area contributed by atoms with Crippen LogP contribution in [0.2, 0.25) is 0 Å². The van der Waals surface area contributed by atoms with Crippen LogP contribution >= 0.6 is 11.3 Å². The maximum absolute atomic E-state index is 12.5. The van der Waals surface area contributed by atoms with E-state index in [0.29, 0.717) is 6.54 Å². The fourth-order valence-electron chi connectivity index (χ4n) is 3.27. The molecular formula is C16H23N3O5S2. The average Bonchev–Trinajstić information content (AvgIpc) is 3.25. The van der Waals surface area contributed by atoms with Crippen molar-refractivity contribution in [2.75, 3.05) is 24.6 Å². The van der Waals surface area contributed by atoms with Gasteiger partial charge in [-0.2, -0.15) is 0 Å². The van der Waals surface area contributed by atoms with Crippen molar-refractivity contribution in [3.63, 3.8) is 0 Å². The summed E-state index contributed by atoms with van der Waals surface area (Å²) in [5, 5.41) is 14.7. The molecule has 0 aliphatic carbocycles. The molecule has 1 aromatic heterocycles. The van der Waals surface area contributed by atoms with Crippen molar-refractivity contribution in [1.29, 1.82) is 0 Å². The van der Waals surface area contributed by atoms with E-state index < -0.39 is 21.3 Å². The SMILES string of the molecule is C[C@H]1CCCN1C(=O)c1csc(C(=O)NCC2(O)CCS(=O)(=O)CC2)n1. The summed E-state index contributed by atoms with van der Waals surface area (Å²) in [5.41, 5.74) is -0.960. The predicted molar refractivity (Wildman–Crippen MR) is 97.0 cm³/mol. The molecule has 1 aromatic rings. The van der Waals surface area contributed by atoms with Gasteiger partial charge in [0.25, 0.3) is 11.8 Å². The van der Waals surface area contributed by atoms with Gasteiger partial charge in [-0.3, -0.25) is 9.59 Å². The molecule has 0 radical (unpaired) electrons. The lowest BCUT2D eigenvalue weighted by Gasteiger charge is -2.31. The topological polar surface area (TPSA) is 117 Å². The van der Waals surface area contributed by atoms with Crippen molar-refractivity contribution < 1.29 is 23.1 Å². The number of carbonyl (C=O) groups is 2. The first-order chi connectivity index (χ1) is 12.2. The number of nitrogens with one attached hydrogen (secondary N) is 1. The molecule has 26 heavy (non-hydrogen) atoms. The normalized spacial score (nSPS) is 24.4. The molecule has 0 spiro atoms. The smallest absolute Gasteiger partial charge is 0.280 e. The summed E-state index contributed by atoms with van der Waals surface area (Å²) in [6.07, 6.45) is 2.14.